The lowest BCUT2D eigenvalue weighted by Gasteiger charge is -2.34. The molecule has 1 aliphatic rings. The van der Waals surface area contributed by atoms with Crippen molar-refractivity contribution in [3.63, 3.8) is 0 Å². The lowest BCUT2D eigenvalue weighted by atomic mass is 9.82. The van der Waals surface area contributed by atoms with E-state index in [2.05, 4.69) is 38.1 Å². The highest BCUT2D eigenvalue weighted by molar-refractivity contribution is 5.27. The number of hydrogen-bond acceptors (Lipinski definition) is 2. The van der Waals surface area contributed by atoms with Crippen LogP contribution in [0.15, 0.2) is 24.3 Å². The van der Waals surface area contributed by atoms with Crippen molar-refractivity contribution >= 4 is 0 Å². The molecular weight excluding hydrogens is 258 g/mol. The summed E-state index contributed by atoms with van der Waals surface area (Å²) in [5, 5.41) is 0. The Morgan fingerprint density at radius 2 is 1.86 bits per heavy atom. The number of benzene rings is 1. The molecular formula is C19H31NO. The van der Waals surface area contributed by atoms with Crippen LogP contribution < -0.4 is 10.5 Å². The van der Waals surface area contributed by atoms with Crippen molar-refractivity contribution in [1.82, 2.24) is 0 Å². The first kappa shape index (κ1) is 16.4. The molecule has 3 unspecified atom stereocenters. The van der Waals surface area contributed by atoms with E-state index in [1.165, 1.54) is 37.7 Å². The molecule has 118 valence electrons. The third kappa shape index (κ3) is 5.03. The topological polar surface area (TPSA) is 35.2 Å². The second-order valence-corrected chi connectivity index (χ2v) is 6.54. The Bertz CT molecular complexity index is 401. The number of aryl methyl sites for hydroxylation is 1. The first-order chi connectivity index (χ1) is 10.2. The molecule has 1 aromatic carbocycles. The van der Waals surface area contributed by atoms with E-state index in [1.807, 2.05) is 0 Å². The van der Waals surface area contributed by atoms with E-state index in [4.69, 9.17) is 10.5 Å². The maximum Gasteiger partial charge on any atom is 0.119 e. The smallest absolute Gasteiger partial charge is 0.119 e. The van der Waals surface area contributed by atoms with Crippen molar-refractivity contribution in [1.29, 1.82) is 0 Å². The molecule has 1 aliphatic carbocycles. The summed E-state index contributed by atoms with van der Waals surface area (Å²) in [5.41, 5.74) is 7.66. The molecule has 1 fully saturated rings. The lowest BCUT2D eigenvalue weighted by molar-refractivity contribution is 0.0993. The summed E-state index contributed by atoms with van der Waals surface area (Å²) < 4.78 is 6.18. The molecule has 0 aliphatic heterocycles. The molecule has 3 atom stereocenters. The Balaban J connectivity index is 1.89. The van der Waals surface area contributed by atoms with Crippen LogP contribution in [0.1, 0.15) is 64.4 Å². The Morgan fingerprint density at radius 3 is 2.52 bits per heavy atom. The van der Waals surface area contributed by atoms with Crippen LogP contribution in [-0.4, -0.2) is 12.1 Å². The highest BCUT2D eigenvalue weighted by Gasteiger charge is 2.29. The summed E-state index contributed by atoms with van der Waals surface area (Å²) in [4.78, 5) is 0. The molecule has 0 amide bonds. The van der Waals surface area contributed by atoms with Crippen molar-refractivity contribution in [2.75, 3.05) is 0 Å². The van der Waals surface area contributed by atoms with E-state index in [-0.39, 0.29) is 12.1 Å². The molecule has 2 heteroatoms. The molecule has 2 nitrogen and oxygen atoms in total. The van der Waals surface area contributed by atoms with Gasteiger partial charge in [-0.1, -0.05) is 45.2 Å². The van der Waals surface area contributed by atoms with E-state index in [1.54, 1.807) is 0 Å². The molecule has 2 rings (SSSR count). The van der Waals surface area contributed by atoms with Gasteiger partial charge in [-0.15, -0.1) is 0 Å². The van der Waals surface area contributed by atoms with Crippen molar-refractivity contribution < 1.29 is 4.74 Å². The quantitative estimate of drug-likeness (QED) is 0.789. The second-order valence-electron chi connectivity index (χ2n) is 6.54. The molecule has 0 bridgehead atoms. The maximum absolute atomic E-state index is 6.26. The van der Waals surface area contributed by atoms with E-state index >= 15 is 0 Å². The summed E-state index contributed by atoms with van der Waals surface area (Å²) in [7, 11) is 0. The number of ether oxygens (including phenoxy) is 1. The van der Waals surface area contributed by atoms with Gasteiger partial charge >= 0.3 is 0 Å². The fourth-order valence-electron chi connectivity index (χ4n) is 3.33. The van der Waals surface area contributed by atoms with Crippen molar-refractivity contribution in [3.8, 4) is 5.75 Å². The highest BCUT2D eigenvalue weighted by Crippen LogP contribution is 2.30. The largest absolute Gasteiger partial charge is 0.489 e. The summed E-state index contributed by atoms with van der Waals surface area (Å²) >= 11 is 0. The third-order valence-corrected chi connectivity index (χ3v) is 4.68. The zero-order chi connectivity index (χ0) is 15.1. The van der Waals surface area contributed by atoms with Gasteiger partial charge < -0.3 is 10.5 Å². The first-order valence-corrected chi connectivity index (χ1v) is 8.74. The lowest BCUT2D eigenvalue weighted by Crippen LogP contribution is -2.43. The van der Waals surface area contributed by atoms with Crippen LogP contribution in [0, 0.1) is 5.92 Å². The highest BCUT2D eigenvalue weighted by atomic mass is 16.5. The molecule has 1 aromatic rings. The Hall–Kier alpha value is -1.02. The van der Waals surface area contributed by atoms with Crippen molar-refractivity contribution in [2.24, 2.45) is 11.7 Å². The van der Waals surface area contributed by atoms with Gasteiger partial charge in [-0.3, -0.25) is 0 Å². The average molecular weight is 289 g/mol. The monoisotopic (exact) mass is 289 g/mol. The predicted molar refractivity (Wildman–Crippen MR) is 89.7 cm³/mol. The van der Waals surface area contributed by atoms with Crippen LogP contribution in [0.4, 0.5) is 0 Å². The second kappa shape index (κ2) is 8.43. The van der Waals surface area contributed by atoms with E-state index in [0.717, 1.165) is 30.9 Å². The van der Waals surface area contributed by atoms with Gasteiger partial charge in [0.05, 0.1) is 0 Å². The molecule has 0 spiro atoms. The molecule has 2 N–H and O–H groups in total. The third-order valence-electron chi connectivity index (χ3n) is 4.68. The van der Waals surface area contributed by atoms with Crippen LogP contribution in [0.2, 0.25) is 0 Å². The van der Waals surface area contributed by atoms with Crippen molar-refractivity contribution in [2.45, 2.75) is 77.4 Å². The summed E-state index contributed by atoms with van der Waals surface area (Å²) in [6.45, 7) is 4.49. The summed E-state index contributed by atoms with van der Waals surface area (Å²) in [6.07, 6.45) is 9.91. The predicted octanol–water partition coefficient (Wildman–Crippen LogP) is 4.70. The van der Waals surface area contributed by atoms with Crippen LogP contribution in [-0.2, 0) is 6.42 Å². The normalized spacial score (nSPS) is 25.8. The Kier molecular flexibility index (Phi) is 6.56. The SMILES string of the molecule is CCCCc1ccc(OC2CC(CCC)CCC2N)cc1. The van der Waals surface area contributed by atoms with E-state index in [0.29, 0.717) is 0 Å². The van der Waals surface area contributed by atoms with Gasteiger partial charge in [-0.05, 0) is 55.7 Å². The molecule has 0 aromatic heterocycles. The van der Waals surface area contributed by atoms with Gasteiger partial charge in [0.25, 0.3) is 0 Å². The number of hydrogen-bond donors (Lipinski definition) is 1. The average Bonchev–Trinajstić information content (AvgIpc) is 2.50. The standard InChI is InChI=1S/C19H31NO/c1-3-5-7-15-8-11-17(12-9-15)21-19-14-16(6-4-2)10-13-18(19)20/h8-9,11-12,16,18-19H,3-7,10,13-14,20H2,1-2H3. The zero-order valence-corrected chi connectivity index (χ0v) is 13.7. The fraction of sp³-hybridized carbons (Fsp3) is 0.684. The van der Waals surface area contributed by atoms with Crippen LogP contribution in [0.3, 0.4) is 0 Å². The minimum atomic E-state index is 0.191. The van der Waals surface area contributed by atoms with Crippen LogP contribution in [0.5, 0.6) is 5.75 Å². The summed E-state index contributed by atoms with van der Waals surface area (Å²) in [5.74, 6) is 1.77. The molecule has 0 heterocycles. The van der Waals surface area contributed by atoms with Gasteiger partial charge in [-0.2, -0.15) is 0 Å². The fourth-order valence-corrected chi connectivity index (χ4v) is 3.33. The van der Waals surface area contributed by atoms with Crippen LogP contribution >= 0.6 is 0 Å². The molecule has 1 saturated carbocycles. The zero-order valence-electron chi connectivity index (χ0n) is 13.7. The number of nitrogens with two attached hydrogens (primary N) is 1. The van der Waals surface area contributed by atoms with Gasteiger partial charge in [0.1, 0.15) is 11.9 Å². The van der Waals surface area contributed by atoms with Gasteiger partial charge in [0.15, 0.2) is 0 Å². The van der Waals surface area contributed by atoms with Gasteiger partial charge in [-0.25, -0.2) is 0 Å². The number of rotatable bonds is 7. The van der Waals surface area contributed by atoms with Gasteiger partial charge in [0.2, 0.25) is 0 Å². The van der Waals surface area contributed by atoms with Gasteiger partial charge in [0, 0.05) is 6.04 Å². The summed E-state index contributed by atoms with van der Waals surface area (Å²) in [6, 6.07) is 8.81. The van der Waals surface area contributed by atoms with Crippen LogP contribution in [0.25, 0.3) is 0 Å². The van der Waals surface area contributed by atoms with E-state index < -0.39 is 0 Å². The maximum atomic E-state index is 6.26. The Labute approximate surface area is 130 Å². The first-order valence-electron chi connectivity index (χ1n) is 8.74. The molecule has 0 saturated heterocycles. The van der Waals surface area contributed by atoms with E-state index in [9.17, 15) is 0 Å². The number of unbranched alkanes of at least 4 members (excludes halogenated alkanes) is 1. The minimum absolute atomic E-state index is 0.191. The molecule has 21 heavy (non-hydrogen) atoms. The van der Waals surface area contributed by atoms with Crippen molar-refractivity contribution in [3.05, 3.63) is 29.8 Å². The minimum Gasteiger partial charge on any atom is -0.489 e. The molecule has 0 radical (unpaired) electrons. The Morgan fingerprint density at radius 1 is 1.10 bits per heavy atom.